The summed E-state index contributed by atoms with van der Waals surface area (Å²) in [6, 6.07) is 3.19. The molecular formula is C12H14O4. The van der Waals surface area contributed by atoms with Gasteiger partial charge in [-0.1, -0.05) is 0 Å². The molecule has 4 nitrogen and oxygen atoms in total. The molecule has 2 N–H and O–H groups in total. The summed E-state index contributed by atoms with van der Waals surface area (Å²) >= 11 is 0. The molecule has 0 unspecified atom stereocenters. The fourth-order valence-electron chi connectivity index (χ4n) is 2.02. The highest BCUT2D eigenvalue weighted by Crippen LogP contribution is 2.44. The first-order valence-electron chi connectivity index (χ1n) is 5.50. The van der Waals surface area contributed by atoms with Crippen molar-refractivity contribution in [2.45, 2.75) is 24.9 Å². The molecule has 0 bridgehead atoms. The van der Waals surface area contributed by atoms with E-state index in [-0.39, 0.29) is 5.75 Å². The summed E-state index contributed by atoms with van der Waals surface area (Å²) in [4.78, 5) is 0. The van der Waals surface area contributed by atoms with Crippen LogP contribution in [0.5, 0.6) is 17.2 Å². The van der Waals surface area contributed by atoms with Gasteiger partial charge in [0.15, 0.2) is 11.5 Å². The summed E-state index contributed by atoms with van der Waals surface area (Å²) in [5.74, 6) is 1.40. The number of hydrogen-bond acceptors (Lipinski definition) is 4. The zero-order valence-electron chi connectivity index (χ0n) is 8.90. The van der Waals surface area contributed by atoms with Crippen LogP contribution in [-0.4, -0.2) is 29.0 Å². The zero-order chi connectivity index (χ0) is 11.2. The molecule has 0 saturated heterocycles. The van der Waals surface area contributed by atoms with E-state index in [0.29, 0.717) is 31.1 Å². The number of aromatic hydroxyl groups is 1. The lowest BCUT2D eigenvalue weighted by molar-refractivity contribution is 0.143. The summed E-state index contributed by atoms with van der Waals surface area (Å²) in [6.07, 6.45) is 2.16. The number of aliphatic hydroxyl groups is 1. The number of benzene rings is 1. The Morgan fingerprint density at radius 2 is 1.94 bits per heavy atom. The molecule has 86 valence electrons. The third-order valence-electron chi connectivity index (χ3n) is 3.05. The van der Waals surface area contributed by atoms with Gasteiger partial charge in [0.1, 0.15) is 19.0 Å². The average Bonchev–Trinajstić information content (AvgIpc) is 2.96. The Morgan fingerprint density at radius 1 is 1.19 bits per heavy atom. The van der Waals surface area contributed by atoms with Crippen LogP contribution in [0.2, 0.25) is 0 Å². The van der Waals surface area contributed by atoms with Gasteiger partial charge in [-0.2, -0.15) is 0 Å². The van der Waals surface area contributed by atoms with Crippen molar-refractivity contribution in [3.05, 3.63) is 17.7 Å². The van der Waals surface area contributed by atoms with E-state index in [0.717, 1.165) is 18.4 Å². The molecule has 1 aromatic rings. The lowest BCUT2D eigenvalue weighted by Crippen LogP contribution is -2.18. The fourth-order valence-corrected chi connectivity index (χ4v) is 2.02. The Hall–Kier alpha value is -1.42. The van der Waals surface area contributed by atoms with E-state index in [1.165, 1.54) is 0 Å². The van der Waals surface area contributed by atoms with Crippen molar-refractivity contribution in [3.63, 3.8) is 0 Å². The van der Waals surface area contributed by atoms with Gasteiger partial charge >= 0.3 is 0 Å². The smallest absolute Gasteiger partial charge is 0.165 e. The Labute approximate surface area is 93.4 Å². The van der Waals surface area contributed by atoms with Crippen LogP contribution in [0.3, 0.4) is 0 Å². The second-order valence-electron chi connectivity index (χ2n) is 4.53. The molecular weight excluding hydrogens is 208 g/mol. The van der Waals surface area contributed by atoms with E-state index in [1.807, 2.05) is 0 Å². The second kappa shape index (κ2) is 3.28. The summed E-state index contributed by atoms with van der Waals surface area (Å²) in [5, 5.41) is 19.5. The molecule has 0 amide bonds. The van der Waals surface area contributed by atoms with Crippen LogP contribution in [0.1, 0.15) is 18.4 Å². The van der Waals surface area contributed by atoms with Gasteiger partial charge in [0, 0.05) is 18.1 Å². The third kappa shape index (κ3) is 1.69. The normalized spacial score (nSPS) is 20.6. The van der Waals surface area contributed by atoms with E-state index in [2.05, 4.69) is 0 Å². The standard InChI is InChI=1S/C12H14O4/c13-9-5-8(7-12(14)1-2-12)11-10(6-9)15-3-4-16-11/h5-6,13-14H,1-4,7H2. The summed E-state index contributed by atoms with van der Waals surface area (Å²) in [5.41, 5.74) is 0.234. The second-order valence-corrected chi connectivity index (χ2v) is 4.53. The number of phenolic OH excluding ortho intramolecular Hbond substituents is 1. The molecule has 1 aliphatic carbocycles. The molecule has 3 rings (SSSR count). The number of ether oxygens (including phenoxy) is 2. The molecule has 0 aromatic heterocycles. The first-order chi connectivity index (χ1) is 7.66. The zero-order valence-corrected chi connectivity index (χ0v) is 8.90. The molecule has 0 radical (unpaired) electrons. The maximum atomic E-state index is 9.90. The topological polar surface area (TPSA) is 58.9 Å². The molecule has 0 spiro atoms. The Morgan fingerprint density at radius 3 is 2.69 bits per heavy atom. The van der Waals surface area contributed by atoms with Crippen LogP contribution in [0.25, 0.3) is 0 Å². The molecule has 1 fully saturated rings. The number of rotatable bonds is 2. The maximum absolute atomic E-state index is 9.90. The van der Waals surface area contributed by atoms with Crippen molar-refractivity contribution in [2.24, 2.45) is 0 Å². The minimum absolute atomic E-state index is 0.156. The van der Waals surface area contributed by atoms with Gasteiger partial charge in [0.05, 0.1) is 5.60 Å². The number of fused-ring (bicyclic) bond motifs is 1. The average molecular weight is 222 g/mol. The SMILES string of the molecule is Oc1cc(CC2(O)CC2)c2c(c1)OCCO2. The van der Waals surface area contributed by atoms with Gasteiger partial charge in [-0.3, -0.25) is 0 Å². The van der Waals surface area contributed by atoms with Crippen molar-refractivity contribution < 1.29 is 19.7 Å². The van der Waals surface area contributed by atoms with Crippen molar-refractivity contribution in [2.75, 3.05) is 13.2 Å². The van der Waals surface area contributed by atoms with Crippen molar-refractivity contribution in [3.8, 4) is 17.2 Å². The lowest BCUT2D eigenvalue weighted by Gasteiger charge is -2.22. The Balaban J connectivity index is 1.98. The molecule has 1 aromatic carbocycles. The Kier molecular flexibility index (Phi) is 2.01. The van der Waals surface area contributed by atoms with E-state index in [9.17, 15) is 10.2 Å². The largest absolute Gasteiger partial charge is 0.508 e. The van der Waals surface area contributed by atoms with Gasteiger partial charge in [0.2, 0.25) is 0 Å². The fraction of sp³-hybridized carbons (Fsp3) is 0.500. The molecule has 0 atom stereocenters. The van der Waals surface area contributed by atoms with Gasteiger partial charge in [-0.05, 0) is 18.9 Å². The van der Waals surface area contributed by atoms with Crippen LogP contribution < -0.4 is 9.47 Å². The van der Waals surface area contributed by atoms with Gasteiger partial charge in [-0.15, -0.1) is 0 Å². The molecule has 1 heterocycles. The predicted octanol–water partition coefficient (Wildman–Crippen LogP) is 1.23. The van der Waals surface area contributed by atoms with Gasteiger partial charge < -0.3 is 19.7 Å². The van der Waals surface area contributed by atoms with Crippen molar-refractivity contribution in [1.29, 1.82) is 0 Å². The quantitative estimate of drug-likeness (QED) is 0.790. The first-order valence-corrected chi connectivity index (χ1v) is 5.50. The van der Waals surface area contributed by atoms with Crippen LogP contribution in [-0.2, 0) is 6.42 Å². The van der Waals surface area contributed by atoms with Crippen LogP contribution in [0, 0.1) is 0 Å². The summed E-state index contributed by atoms with van der Waals surface area (Å²) < 4.78 is 10.9. The van der Waals surface area contributed by atoms with E-state index in [1.54, 1.807) is 12.1 Å². The highest BCUT2D eigenvalue weighted by atomic mass is 16.6. The van der Waals surface area contributed by atoms with Crippen LogP contribution in [0.15, 0.2) is 12.1 Å². The number of hydrogen-bond donors (Lipinski definition) is 2. The third-order valence-corrected chi connectivity index (χ3v) is 3.05. The number of phenols is 1. The van der Waals surface area contributed by atoms with E-state index < -0.39 is 5.60 Å². The minimum atomic E-state index is -0.595. The lowest BCUT2D eigenvalue weighted by atomic mass is 10.0. The van der Waals surface area contributed by atoms with Gasteiger partial charge in [-0.25, -0.2) is 0 Å². The maximum Gasteiger partial charge on any atom is 0.165 e. The van der Waals surface area contributed by atoms with Crippen molar-refractivity contribution in [1.82, 2.24) is 0 Å². The molecule has 16 heavy (non-hydrogen) atoms. The minimum Gasteiger partial charge on any atom is -0.508 e. The predicted molar refractivity (Wildman–Crippen MR) is 57.0 cm³/mol. The highest BCUT2D eigenvalue weighted by molar-refractivity contribution is 5.52. The first kappa shape index (κ1) is 9.78. The Bertz CT molecular complexity index is 423. The summed E-state index contributed by atoms with van der Waals surface area (Å²) in [6.45, 7) is 1.02. The highest BCUT2D eigenvalue weighted by Gasteiger charge is 2.41. The van der Waals surface area contributed by atoms with Crippen LogP contribution >= 0.6 is 0 Å². The van der Waals surface area contributed by atoms with Gasteiger partial charge in [0.25, 0.3) is 0 Å². The van der Waals surface area contributed by atoms with E-state index in [4.69, 9.17) is 9.47 Å². The monoisotopic (exact) mass is 222 g/mol. The molecule has 4 heteroatoms. The molecule has 2 aliphatic rings. The van der Waals surface area contributed by atoms with E-state index >= 15 is 0 Å². The molecule has 1 saturated carbocycles. The van der Waals surface area contributed by atoms with Crippen molar-refractivity contribution >= 4 is 0 Å². The summed E-state index contributed by atoms with van der Waals surface area (Å²) in [7, 11) is 0. The molecule has 1 aliphatic heterocycles. The van der Waals surface area contributed by atoms with Crippen LogP contribution in [0.4, 0.5) is 0 Å².